The number of carbonyl (C=O) groups is 3. The second kappa shape index (κ2) is 18.0. The lowest BCUT2D eigenvalue weighted by Gasteiger charge is -2.31. The maximum Gasteiger partial charge on any atom is 0.411 e. The van der Waals surface area contributed by atoms with Crippen molar-refractivity contribution < 1.29 is 37.8 Å². The summed E-state index contributed by atoms with van der Waals surface area (Å²) in [5, 5.41) is 2.93. The number of rotatable bonds is 18. The number of ether oxygens (including phenoxy) is 4. The number of imide groups is 1. The second-order valence-corrected chi connectivity index (χ2v) is 13.0. The zero-order valence-electron chi connectivity index (χ0n) is 28.7. The zero-order chi connectivity index (χ0) is 34.5. The van der Waals surface area contributed by atoms with Crippen molar-refractivity contribution in [3.8, 4) is 11.1 Å². The first-order valence-electron chi connectivity index (χ1n) is 17.2. The van der Waals surface area contributed by atoms with Crippen LogP contribution in [-0.4, -0.2) is 131 Å². The molecule has 0 saturated carbocycles. The van der Waals surface area contributed by atoms with Crippen LogP contribution in [-0.2, 0) is 18.9 Å². The van der Waals surface area contributed by atoms with Crippen LogP contribution in [0.2, 0.25) is 0 Å². The molecule has 2 aliphatic heterocycles. The number of carbonyl (C=O) groups excluding carboxylic acids is 3. The van der Waals surface area contributed by atoms with Gasteiger partial charge in [-0.2, -0.15) is 0 Å². The Balaban J connectivity index is 0.846. The molecule has 3 aromatic rings. The number of quaternary nitrogens is 1. The summed E-state index contributed by atoms with van der Waals surface area (Å²) in [5.74, 6) is -0.429. The lowest BCUT2D eigenvalue weighted by molar-refractivity contribution is -0.889. The van der Waals surface area contributed by atoms with Crippen molar-refractivity contribution in [1.82, 2.24) is 9.80 Å². The zero-order valence-corrected chi connectivity index (χ0v) is 28.7. The van der Waals surface area contributed by atoms with Gasteiger partial charge in [-0.3, -0.25) is 19.8 Å². The van der Waals surface area contributed by atoms with Gasteiger partial charge in [-0.05, 0) is 36.6 Å². The number of likely N-dealkylation sites (N-methyl/N-ethyl adjacent to an activating group) is 1. The first-order valence-corrected chi connectivity index (χ1v) is 17.2. The van der Waals surface area contributed by atoms with Crippen molar-refractivity contribution in [3.63, 3.8) is 0 Å². The van der Waals surface area contributed by atoms with Gasteiger partial charge in [-0.1, -0.05) is 60.7 Å². The van der Waals surface area contributed by atoms with E-state index >= 15 is 0 Å². The number of benzene rings is 3. The minimum absolute atomic E-state index is 0.105. The van der Waals surface area contributed by atoms with E-state index in [2.05, 4.69) is 24.3 Å². The van der Waals surface area contributed by atoms with Gasteiger partial charge in [0.2, 0.25) is 0 Å². The summed E-state index contributed by atoms with van der Waals surface area (Å²) in [7, 11) is 4.14. The first kappa shape index (κ1) is 36.2. The molecule has 1 saturated heterocycles. The van der Waals surface area contributed by atoms with Crippen LogP contribution < -0.4 is 5.32 Å². The van der Waals surface area contributed by atoms with Crippen LogP contribution in [0.15, 0.2) is 78.9 Å². The first-order chi connectivity index (χ1) is 23.8. The van der Waals surface area contributed by atoms with Crippen LogP contribution in [0.25, 0.3) is 11.1 Å². The molecular weight excluding hydrogens is 624 g/mol. The Kier molecular flexibility index (Phi) is 13.3. The molecule has 5 rings (SSSR count). The SMILES string of the molecule is C[N+](C)(CCOCCOCCOCCN1CCC(OC(=O)Nc2ccccc2-c2ccccc2)CC1)CCN1C(=O)c2ccccc2C1=O. The molecule has 0 bridgehead atoms. The van der Waals surface area contributed by atoms with E-state index in [1.807, 2.05) is 54.6 Å². The Labute approximate surface area is 289 Å². The Morgan fingerprint density at radius 3 is 1.90 bits per heavy atom. The molecule has 0 aromatic heterocycles. The number of amides is 3. The van der Waals surface area contributed by atoms with Crippen LogP contribution >= 0.6 is 0 Å². The van der Waals surface area contributed by atoms with E-state index in [0.717, 1.165) is 55.8 Å². The summed E-state index contributed by atoms with van der Waals surface area (Å²) in [6, 6.07) is 24.7. The van der Waals surface area contributed by atoms with Crippen molar-refractivity contribution in [2.45, 2.75) is 18.9 Å². The van der Waals surface area contributed by atoms with Crippen LogP contribution in [0.4, 0.5) is 10.5 Å². The summed E-state index contributed by atoms with van der Waals surface area (Å²) < 4.78 is 23.5. The van der Waals surface area contributed by atoms with Gasteiger partial charge in [0.25, 0.3) is 11.8 Å². The minimum Gasteiger partial charge on any atom is -0.446 e. The van der Waals surface area contributed by atoms with Gasteiger partial charge in [0, 0.05) is 25.2 Å². The highest BCUT2D eigenvalue weighted by Gasteiger charge is 2.36. The average molecular weight is 674 g/mol. The van der Waals surface area contributed by atoms with Gasteiger partial charge in [0.05, 0.1) is 83.6 Å². The molecule has 3 aromatic carbocycles. The average Bonchev–Trinajstić information content (AvgIpc) is 3.35. The fourth-order valence-corrected chi connectivity index (χ4v) is 5.98. The smallest absolute Gasteiger partial charge is 0.411 e. The molecule has 3 amide bonds. The van der Waals surface area contributed by atoms with Crippen molar-refractivity contribution in [2.75, 3.05) is 98.3 Å². The Morgan fingerprint density at radius 2 is 1.24 bits per heavy atom. The molecule has 2 heterocycles. The molecule has 1 N–H and O–H groups in total. The molecular formula is C38H49N4O7+. The monoisotopic (exact) mass is 673 g/mol. The Morgan fingerprint density at radius 1 is 0.694 bits per heavy atom. The number of fused-ring (bicyclic) bond motifs is 1. The quantitative estimate of drug-likeness (QED) is 0.117. The molecule has 49 heavy (non-hydrogen) atoms. The van der Waals surface area contributed by atoms with Gasteiger partial charge in [-0.25, -0.2) is 4.79 Å². The molecule has 0 aliphatic carbocycles. The number of hydrogen-bond acceptors (Lipinski definition) is 8. The third-order valence-electron chi connectivity index (χ3n) is 9.00. The number of likely N-dealkylation sites (tertiary alicyclic amines) is 1. The van der Waals surface area contributed by atoms with E-state index in [1.165, 1.54) is 4.90 Å². The van der Waals surface area contributed by atoms with Crippen LogP contribution in [0.3, 0.4) is 0 Å². The standard InChI is InChI=1S/C38H48N4O7/c1-42(2,22-20-41-36(43)33-13-6-7-14-34(33)37(41)44)23-25-47-27-29-48-28-26-46-24-21-40-18-16-31(17-19-40)49-38(45)39-35-15-9-8-12-32(35)30-10-4-3-5-11-30/h3-15,31H,16-29H2,1-2H3/p+1. The number of para-hydroxylation sites is 1. The molecule has 0 spiro atoms. The summed E-state index contributed by atoms with van der Waals surface area (Å²) in [4.78, 5) is 41.5. The predicted molar refractivity (Wildman–Crippen MR) is 188 cm³/mol. The Hall–Kier alpha value is -4.13. The summed E-state index contributed by atoms with van der Waals surface area (Å²) >= 11 is 0. The molecule has 11 heteroatoms. The van der Waals surface area contributed by atoms with E-state index in [9.17, 15) is 14.4 Å². The lowest BCUT2D eigenvalue weighted by atomic mass is 10.0. The van der Waals surface area contributed by atoms with E-state index < -0.39 is 6.09 Å². The Bertz CT molecular complexity index is 1490. The number of nitrogens with zero attached hydrogens (tertiary/aromatic N) is 3. The molecule has 262 valence electrons. The van der Waals surface area contributed by atoms with Crippen molar-refractivity contribution in [3.05, 3.63) is 90.0 Å². The molecule has 2 aliphatic rings. The summed E-state index contributed by atoms with van der Waals surface area (Å²) in [5.41, 5.74) is 3.71. The molecule has 0 atom stereocenters. The number of piperidine rings is 1. The normalized spacial score (nSPS) is 15.4. The van der Waals surface area contributed by atoms with Crippen LogP contribution in [0.1, 0.15) is 33.6 Å². The van der Waals surface area contributed by atoms with Gasteiger partial charge in [0.15, 0.2) is 0 Å². The number of hydrogen-bond donors (Lipinski definition) is 1. The van der Waals surface area contributed by atoms with Crippen molar-refractivity contribution in [1.29, 1.82) is 0 Å². The van der Waals surface area contributed by atoms with E-state index in [4.69, 9.17) is 18.9 Å². The number of nitrogens with one attached hydrogen (secondary N) is 1. The van der Waals surface area contributed by atoms with Crippen molar-refractivity contribution in [2.24, 2.45) is 0 Å². The van der Waals surface area contributed by atoms with Gasteiger partial charge < -0.3 is 28.3 Å². The molecule has 1 fully saturated rings. The van der Waals surface area contributed by atoms with Crippen LogP contribution in [0.5, 0.6) is 0 Å². The highest BCUT2D eigenvalue weighted by atomic mass is 16.6. The number of anilines is 1. The summed E-state index contributed by atoms with van der Waals surface area (Å²) in [6.07, 6.45) is 1.06. The topological polar surface area (TPSA) is 107 Å². The molecule has 11 nitrogen and oxygen atoms in total. The molecule has 0 radical (unpaired) electrons. The van der Waals surface area contributed by atoms with Gasteiger partial charge in [-0.15, -0.1) is 0 Å². The second-order valence-electron chi connectivity index (χ2n) is 13.0. The largest absolute Gasteiger partial charge is 0.446 e. The highest BCUT2D eigenvalue weighted by molar-refractivity contribution is 6.21. The predicted octanol–water partition coefficient (Wildman–Crippen LogP) is 4.79. The highest BCUT2D eigenvalue weighted by Crippen LogP contribution is 2.28. The van der Waals surface area contributed by atoms with E-state index in [-0.39, 0.29) is 17.9 Å². The third-order valence-corrected chi connectivity index (χ3v) is 9.00. The molecule has 0 unspecified atom stereocenters. The van der Waals surface area contributed by atoms with Crippen LogP contribution in [0, 0.1) is 0 Å². The minimum atomic E-state index is -0.420. The lowest BCUT2D eigenvalue weighted by Crippen LogP contribution is -2.48. The fraction of sp³-hybridized carbons (Fsp3) is 0.447. The third kappa shape index (κ3) is 10.7. The van der Waals surface area contributed by atoms with Gasteiger partial charge in [0.1, 0.15) is 12.6 Å². The maximum absolute atomic E-state index is 12.7. The summed E-state index contributed by atoms with van der Waals surface area (Å²) in [6.45, 7) is 7.50. The van der Waals surface area contributed by atoms with E-state index in [1.54, 1.807) is 24.3 Å². The fourth-order valence-electron chi connectivity index (χ4n) is 5.98. The van der Waals surface area contributed by atoms with Gasteiger partial charge >= 0.3 is 6.09 Å². The van der Waals surface area contributed by atoms with E-state index in [0.29, 0.717) is 68.3 Å². The maximum atomic E-state index is 12.7. The van der Waals surface area contributed by atoms with Crippen molar-refractivity contribution >= 4 is 23.6 Å².